The van der Waals surface area contributed by atoms with Crippen LogP contribution in [0, 0.1) is 11.8 Å². The van der Waals surface area contributed by atoms with Gasteiger partial charge < -0.3 is 5.11 Å². The number of nitrogens with zero attached hydrogens (tertiary/aromatic N) is 3. The Morgan fingerprint density at radius 2 is 2.23 bits per heavy atom. The fraction of sp³-hybridized carbons (Fsp3) is 0.0625. The van der Waals surface area contributed by atoms with E-state index >= 15 is 0 Å². The molecule has 1 N–H and O–H groups in total. The van der Waals surface area contributed by atoms with Crippen LogP contribution in [0.3, 0.4) is 0 Å². The van der Waals surface area contributed by atoms with E-state index in [0.717, 1.165) is 5.56 Å². The summed E-state index contributed by atoms with van der Waals surface area (Å²) in [5.74, 6) is 4.98. The first-order chi connectivity index (χ1) is 10.6. The fourth-order valence-corrected chi connectivity index (χ4v) is 2.59. The van der Waals surface area contributed by atoms with E-state index in [1.54, 1.807) is 47.8 Å². The zero-order chi connectivity index (χ0) is 15.5. The number of carboxylic acid groups (broad SMARTS) is 1. The van der Waals surface area contributed by atoms with Gasteiger partial charge in [-0.3, -0.25) is 4.68 Å². The van der Waals surface area contributed by atoms with Gasteiger partial charge in [-0.05, 0) is 18.1 Å². The van der Waals surface area contributed by atoms with E-state index in [4.69, 9.17) is 0 Å². The molecule has 5 nitrogen and oxygen atoms in total. The monoisotopic (exact) mass is 309 g/mol. The summed E-state index contributed by atoms with van der Waals surface area (Å²) in [6, 6.07) is 5.06. The summed E-state index contributed by atoms with van der Waals surface area (Å²) >= 11 is 1.47. The highest BCUT2D eigenvalue weighted by molar-refractivity contribution is 7.07. The van der Waals surface area contributed by atoms with Crippen LogP contribution in [-0.2, 0) is 7.05 Å². The Kier molecular flexibility index (Phi) is 3.73. The van der Waals surface area contributed by atoms with Crippen molar-refractivity contribution in [3.05, 3.63) is 58.3 Å². The van der Waals surface area contributed by atoms with Gasteiger partial charge in [-0.1, -0.05) is 12.0 Å². The molecule has 2 heterocycles. The highest BCUT2D eigenvalue weighted by Crippen LogP contribution is 2.27. The van der Waals surface area contributed by atoms with Gasteiger partial charge in [0.05, 0.1) is 17.3 Å². The van der Waals surface area contributed by atoms with Crippen molar-refractivity contribution in [1.82, 2.24) is 14.8 Å². The molecule has 22 heavy (non-hydrogen) atoms. The second kappa shape index (κ2) is 5.84. The molecule has 0 aliphatic heterocycles. The van der Waals surface area contributed by atoms with Crippen molar-refractivity contribution in [3.63, 3.8) is 0 Å². The minimum atomic E-state index is -0.990. The van der Waals surface area contributed by atoms with Crippen LogP contribution in [0.25, 0.3) is 11.1 Å². The van der Waals surface area contributed by atoms with Crippen LogP contribution in [0.5, 0.6) is 0 Å². The third kappa shape index (κ3) is 2.75. The zero-order valence-corrected chi connectivity index (χ0v) is 12.5. The predicted octanol–water partition coefficient (Wildman–Crippen LogP) is 2.64. The summed E-state index contributed by atoms with van der Waals surface area (Å²) in [6.07, 6.45) is 3.41. The average Bonchev–Trinajstić information content (AvgIpc) is 3.16. The Bertz CT molecular complexity index is 886. The van der Waals surface area contributed by atoms with Crippen LogP contribution in [0.1, 0.15) is 21.6 Å². The van der Waals surface area contributed by atoms with Crippen molar-refractivity contribution in [2.75, 3.05) is 0 Å². The quantitative estimate of drug-likeness (QED) is 0.739. The molecule has 2 aromatic heterocycles. The van der Waals surface area contributed by atoms with Crippen molar-refractivity contribution in [3.8, 4) is 23.0 Å². The molecule has 0 saturated heterocycles. The summed E-state index contributed by atoms with van der Waals surface area (Å²) in [6.45, 7) is 0. The van der Waals surface area contributed by atoms with Gasteiger partial charge in [-0.2, -0.15) is 5.10 Å². The number of carboxylic acids is 1. The Labute approximate surface area is 130 Å². The molecule has 0 aliphatic rings. The molecule has 6 heteroatoms. The summed E-state index contributed by atoms with van der Waals surface area (Å²) in [5.41, 5.74) is 4.52. The first-order valence-corrected chi connectivity index (χ1v) is 7.35. The van der Waals surface area contributed by atoms with Gasteiger partial charge in [0.15, 0.2) is 0 Å². The maximum absolute atomic E-state index is 11.5. The Balaban J connectivity index is 2.17. The van der Waals surface area contributed by atoms with Crippen molar-refractivity contribution in [1.29, 1.82) is 0 Å². The van der Waals surface area contributed by atoms with Gasteiger partial charge >= 0.3 is 5.97 Å². The highest BCUT2D eigenvalue weighted by Gasteiger charge is 2.16. The van der Waals surface area contributed by atoms with Crippen molar-refractivity contribution in [2.24, 2.45) is 7.05 Å². The normalized spacial score (nSPS) is 10.0. The van der Waals surface area contributed by atoms with Gasteiger partial charge in [0.1, 0.15) is 5.69 Å². The highest BCUT2D eigenvalue weighted by atomic mass is 32.1. The van der Waals surface area contributed by atoms with E-state index < -0.39 is 5.97 Å². The molecule has 0 unspecified atom stereocenters. The molecule has 0 amide bonds. The second-order valence-electron chi connectivity index (χ2n) is 4.56. The summed E-state index contributed by atoms with van der Waals surface area (Å²) in [7, 11) is 1.79. The molecule has 3 aromatic rings. The van der Waals surface area contributed by atoms with Crippen LogP contribution in [-0.4, -0.2) is 25.8 Å². The maximum atomic E-state index is 11.5. The van der Waals surface area contributed by atoms with Crippen molar-refractivity contribution >= 4 is 17.3 Å². The van der Waals surface area contributed by atoms with E-state index in [0.29, 0.717) is 16.8 Å². The van der Waals surface area contributed by atoms with Crippen LogP contribution in [0.4, 0.5) is 0 Å². The third-order valence-corrected chi connectivity index (χ3v) is 3.63. The zero-order valence-electron chi connectivity index (χ0n) is 11.6. The molecule has 0 bridgehead atoms. The second-order valence-corrected chi connectivity index (χ2v) is 5.28. The SMILES string of the molecule is Cn1cc(-c2c(C#Cc3cscn3)cccc2C(=O)O)cn1. The summed E-state index contributed by atoms with van der Waals surface area (Å²) in [5, 5.41) is 15.4. The van der Waals surface area contributed by atoms with Gasteiger partial charge in [0.25, 0.3) is 0 Å². The number of carbonyl (C=O) groups is 1. The first-order valence-electron chi connectivity index (χ1n) is 6.40. The van der Waals surface area contributed by atoms with Crippen molar-refractivity contribution < 1.29 is 9.90 Å². The van der Waals surface area contributed by atoms with Gasteiger partial charge in [-0.25, -0.2) is 9.78 Å². The molecule has 0 spiro atoms. The summed E-state index contributed by atoms with van der Waals surface area (Å²) < 4.78 is 1.63. The summed E-state index contributed by atoms with van der Waals surface area (Å²) in [4.78, 5) is 15.6. The van der Waals surface area contributed by atoms with E-state index in [9.17, 15) is 9.90 Å². The number of benzene rings is 1. The molecular formula is C16H11N3O2S. The van der Waals surface area contributed by atoms with E-state index in [2.05, 4.69) is 21.9 Å². The van der Waals surface area contributed by atoms with Gasteiger partial charge in [0.2, 0.25) is 0 Å². The average molecular weight is 309 g/mol. The maximum Gasteiger partial charge on any atom is 0.336 e. The largest absolute Gasteiger partial charge is 0.478 e. The fourth-order valence-electron chi connectivity index (χ4n) is 2.10. The molecule has 0 atom stereocenters. The van der Waals surface area contributed by atoms with E-state index in [1.165, 1.54) is 11.3 Å². The van der Waals surface area contributed by atoms with Crippen LogP contribution < -0.4 is 0 Å². The first kappa shape index (κ1) is 14.0. The minimum absolute atomic E-state index is 0.207. The van der Waals surface area contributed by atoms with E-state index in [1.807, 2.05) is 5.38 Å². The lowest BCUT2D eigenvalue weighted by molar-refractivity contribution is 0.0697. The molecule has 0 fully saturated rings. The number of hydrogen-bond acceptors (Lipinski definition) is 4. The number of aromatic nitrogens is 3. The third-order valence-electron chi connectivity index (χ3n) is 3.05. The number of rotatable bonds is 2. The smallest absolute Gasteiger partial charge is 0.336 e. The molecule has 0 saturated carbocycles. The Hall–Kier alpha value is -2.91. The van der Waals surface area contributed by atoms with Gasteiger partial charge in [0, 0.05) is 35.3 Å². The molecular weight excluding hydrogens is 298 g/mol. The Morgan fingerprint density at radius 3 is 2.86 bits per heavy atom. The number of hydrogen-bond donors (Lipinski definition) is 1. The van der Waals surface area contributed by atoms with Crippen LogP contribution >= 0.6 is 11.3 Å². The lowest BCUT2D eigenvalue weighted by Gasteiger charge is -2.06. The molecule has 0 aliphatic carbocycles. The topological polar surface area (TPSA) is 68.0 Å². The Morgan fingerprint density at radius 1 is 1.36 bits per heavy atom. The minimum Gasteiger partial charge on any atom is -0.478 e. The standard InChI is InChI=1S/C16H11N3O2S/c1-19-8-12(7-18-19)15-11(3-2-4-14(15)16(20)21)5-6-13-9-22-10-17-13/h2-4,7-10H,1H3,(H,20,21). The number of aryl methyl sites for hydroxylation is 1. The molecule has 0 radical (unpaired) electrons. The lowest BCUT2D eigenvalue weighted by Crippen LogP contribution is -2.01. The number of thiazole rings is 1. The van der Waals surface area contributed by atoms with Crippen LogP contribution in [0.2, 0.25) is 0 Å². The molecule has 108 valence electrons. The number of aromatic carboxylic acids is 1. The molecule has 3 rings (SSSR count). The van der Waals surface area contributed by atoms with Gasteiger partial charge in [-0.15, -0.1) is 11.3 Å². The molecule has 1 aromatic carbocycles. The predicted molar refractivity (Wildman–Crippen MR) is 83.7 cm³/mol. The van der Waals surface area contributed by atoms with Crippen molar-refractivity contribution in [2.45, 2.75) is 0 Å². The van der Waals surface area contributed by atoms with E-state index in [-0.39, 0.29) is 5.56 Å². The van der Waals surface area contributed by atoms with Crippen LogP contribution in [0.15, 0.2) is 41.5 Å². The lowest BCUT2D eigenvalue weighted by atomic mass is 9.96.